The predicted molar refractivity (Wildman–Crippen MR) is 111 cm³/mol. The standard InChI is InChI=1S/C23H32N2O2/c1-17-5-7-21(8-6-17)25-11-9-24(10-12-25)15-22(26)16-27-23-19(3)13-18(2)14-20(23)4/h5-8,13-14,22,26H,9-12,15-16H2,1-4H3/p+1/t22-/m1/s1. The van der Waals surface area contributed by atoms with E-state index in [0.717, 1.165) is 49.6 Å². The topological polar surface area (TPSA) is 37.1 Å². The van der Waals surface area contributed by atoms with Crippen LogP contribution in [-0.4, -0.2) is 50.5 Å². The highest BCUT2D eigenvalue weighted by Crippen LogP contribution is 2.24. The van der Waals surface area contributed by atoms with Crippen molar-refractivity contribution < 1.29 is 14.7 Å². The first kappa shape index (κ1) is 19.7. The van der Waals surface area contributed by atoms with E-state index in [9.17, 15) is 5.11 Å². The van der Waals surface area contributed by atoms with E-state index in [1.54, 1.807) is 0 Å². The van der Waals surface area contributed by atoms with Crippen LogP contribution in [-0.2, 0) is 0 Å². The van der Waals surface area contributed by atoms with Gasteiger partial charge in [0.15, 0.2) is 0 Å². The van der Waals surface area contributed by atoms with Crippen molar-refractivity contribution in [1.82, 2.24) is 0 Å². The highest BCUT2D eigenvalue weighted by Gasteiger charge is 2.23. The zero-order valence-corrected chi connectivity index (χ0v) is 17.1. The van der Waals surface area contributed by atoms with Crippen LogP contribution in [0, 0.1) is 27.7 Å². The maximum Gasteiger partial charge on any atom is 0.137 e. The molecule has 27 heavy (non-hydrogen) atoms. The number of aliphatic hydroxyl groups is 1. The number of benzene rings is 2. The Morgan fingerprint density at radius 1 is 0.963 bits per heavy atom. The molecule has 0 saturated carbocycles. The summed E-state index contributed by atoms with van der Waals surface area (Å²) in [5.74, 6) is 0.916. The smallest absolute Gasteiger partial charge is 0.137 e. The lowest BCUT2D eigenvalue weighted by Crippen LogP contribution is -3.16. The van der Waals surface area contributed by atoms with E-state index in [0.29, 0.717) is 6.61 Å². The Balaban J connectivity index is 1.46. The van der Waals surface area contributed by atoms with Crippen LogP contribution in [0.25, 0.3) is 0 Å². The molecule has 0 unspecified atom stereocenters. The van der Waals surface area contributed by atoms with Crippen LogP contribution in [0.1, 0.15) is 22.3 Å². The van der Waals surface area contributed by atoms with Gasteiger partial charge in [-0.15, -0.1) is 0 Å². The predicted octanol–water partition coefficient (Wildman–Crippen LogP) is 2.07. The molecule has 1 atom stereocenters. The lowest BCUT2D eigenvalue weighted by atomic mass is 10.1. The van der Waals surface area contributed by atoms with Crippen molar-refractivity contribution in [2.75, 3.05) is 44.2 Å². The molecule has 4 heteroatoms. The molecule has 1 aliphatic rings. The average molecular weight is 370 g/mol. The van der Waals surface area contributed by atoms with Gasteiger partial charge in [0.25, 0.3) is 0 Å². The molecule has 1 saturated heterocycles. The van der Waals surface area contributed by atoms with Gasteiger partial charge < -0.3 is 19.6 Å². The first-order valence-corrected chi connectivity index (χ1v) is 9.96. The van der Waals surface area contributed by atoms with Crippen molar-refractivity contribution in [2.24, 2.45) is 0 Å². The third-order valence-electron chi connectivity index (χ3n) is 5.42. The minimum absolute atomic E-state index is 0.357. The zero-order chi connectivity index (χ0) is 19.4. The number of piperazine rings is 1. The number of rotatable bonds is 6. The fraction of sp³-hybridized carbons (Fsp3) is 0.478. The Bertz CT molecular complexity index is 726. The van der Waals surface area contributed by atoms with Crippen LogP contribution in [0.4, 0.5) is 5.69 Å². The van der Waals surface area contributed by atoms with Crippen molar-refractivity contribution in [3.8, 4) is 5.75 Å². The largest absolute Gasteiger partial charge is 0.490 e. The fourth-order valence-corrected chi connectivity index (χ4v) is 4.01. The molecule has 0 aromatic heterocycles. The summed E-state index contributed by atoms with van der Waals surface area (Å²) in [6, 6.07) is 13.0. The Labute approximate surface area is 163 Å². The van der Waals surface area contributed by atoms with Crippen LogP contribution in [0.15, 0.2) is 36.4 Å². The molecule has 0 radical (unpaired) electrons. The molecule has 1 fully saturated rings. The molecule has 2 aromatic rings. The summed E-state index contributed by atoms with van der Waals surface area (Å²) < 4.78 is 5.95. The summed E-state index contributed by atoms with van der Waals surface area (Å²) in [5.41, 5.74) is 6.12. The summed E-state index contributed by atoms with van der Waals surface area (Å²) in [4.78, 5) is 3.89. The van der Waals surface area contributed by atoms with Gasteiger partial charge in [0.05, 0.1) is 26.2 Å². The maximum absolute atomic E-state index is 10.5. The summed E-state index contributed by atoms with van der Waals surface area (Å²) in [6.07, 6.45) is -0.439. The molecular formula is C23H33N2O2+. The average Bonchev–Trinajstić information content (AvgIpc) is 2.62. The fourth-order valence-electron chi connectivity index (χ4n) is 4.01. The summed E-state index contributed by atoms with van der Waals surface area (Å²) in [6.45, 7) is 13.6. The van der Waals surface area contributed by atoms with Gasteiger partial charge in [-0.05, 0) is 51.0 Å². The lowest BCUT2D eigenvalue weighted by molar-refractivity contribution is -0.903. The van der Waals surface area contributed by atoms with Crippen molar-refractivity contribution in [1.29, 1.82) is 0 Å². The van der Waals surface area contributed by atoms with Crippen LogP contribution in [0.5, 0.6) is 5.75 Å². The Hall–Kier alpha value is -2.04. The Kier molecular flexibility index (Phi) is 6.40. The SMILES string of the molecule is Cc1ccc(N2CC[NH+](C[C@@H](O)COc3c(C)cc(C)cc3C)CC2)cc1. The second-order valence-corrected chi connectivity index (χ2v) is 7.97. The van der Waals surface area contributed by atoms with Gasteiger partial charge in [-0.1, -0.05) is 35.4 Å². The normalized spacial score (nSPS) is 16.4. The van der Waals surface area contributed by atoms with Crippen molar-refractivity contribution in [2.45, 2.75) is 33.8 Å². The molecule has 1 aliphatic heterocycles. The maximum atomic E-state index is 10.5. The Morgan fingerprint density at radius 2 is 1.56 bits per heavy atom. The molecule has 146 valence electrons. The van der Waals surface area contributed by atoms with Crippen LogP contribution < -0.4 is 14.5 Å². The van der Waals surface area contributed by atoms with E-state index < -0.39 is 6.10 Å². The van der Waals surface area contributed by atoms with Crippen molar-refractivity contribution in [3.63, 3.8) is 0 Å². The molecule has 4 nitrogen and oxygen atoms in total. The molecule has 3 rings (SSSR count). The highest BCUT2D eigenvalue weighted by atomic mass is 16.5. The van der Waals surface area contributed by atoms with E-state index in [1.165, 1.54) is 21.7 Å². The minimum atomic E-state index is -0.439. The molecule has 0 amide bonds. The number of hydrogen-bond donors (Lipinski definition) is 2. The van der Waals surface area contributed by atoms with Gasteiger partial charge in [0, 0.05) is 5.69 Å². The molecule has 0 spiro atoms. The van der Waals surface area contributed by atoms with Gasteiger partial charge >= 0.3 is 0 Å². The summed E-state index contributed by atoms with van der Waals surface area (Å²) in [5, 5.41) is 10.5. The highest BCUT2D eigenvalue weighted by molar-refractivity contribution is 5.47. The molecule has 1 heterocycles. The summed E-state index contributed by atoms with van der Waals surface area (Å²) >= 11 is 0. The molecule has 2 aromatic carbocycles. The van der Waals surface area contributed by atoms with Gasteiger partial charge in [-0.2, -0.15) is 0 Å². The number of ether oxygens (including phenoxy) is 1. The van der Waals surface area contributed by atoms with E-state index in [-0.39, 0.29) is 0 Å². The quantitative estimate of drug-likeness (QED) is 0.819. The monoisotopic (exact) mass is 369 g/mol. The van der Waals surface area contributed by atoms with Crippen LogP contribution >= 0.6 is 0 Å². The van der Waals surface area contributed by atoms with E-state index in [2.05, 4.69) is 69.0 Å². The first-order valence-electron chi connectivity index (χ1n) is 9.96. The van der Waals surface area contributed by atoms with E-state index in [1.807, 2.05) is 0 Å². The van der Waals surface area contributed by atoms with E-state index in [4.69, 9.17) is 4.74 Å². The third kappa shape index (κ3) is 5.24. The number of nitrogens with zero attached hydrogens (tertiary/aromatic N) is 1. The molecule has 0 bridgehead atoms. The second kappa shape index (κ2) is 8.77. The van der Waals surface area contributed by atoms with E-state index >= 15 is 0 Å². The second-order valence-electron chi connectivity index (χ2n) is 7.97. The number of quaternary nitrogens is 1. The number of nitrogens with one attached hydrogen (secondary N) is 1. The van der Waals surface area contributed by atoms with Crippen molar-refractivity contribution >= 4 is 5.69 Å². The number of aryl methyl sites for hydroxylation is 4. The van der Waals surface area contributed by atoms with Gasteiger partial charge in [0.1, 0.15) is 25.0 Å². The van der Waals surface area contributed by atoms with Gasteiger partial charge in [-0.25, -0.2) is 0 Å². The van der Waals surface area contributed by atoms with Crippen LogP contribution in [0.3, 0.4) is 0 Å². The number of aliphatic hydroxyl groups excluding tert-OH is 1. The number of hydrogen-bond acceptors (Lipinski definition) is 3. The lowest BCUT2D eigenvalue weighted by Gasteiger charge is -2.34. The van der Waals surface area contributed by atoms with Crippen LogP contribution in [0.2, 0.25) is 0 Å². The summed E-state index contributed by atoms with van der Waals surface area (Å²) in [7, 11) is 0. The Morgan fingerprint density at radius 3 is 2.15 bits per heavy atom. The van der Waals surface area contributed by atoms with Gasteiger partial charge in [0.2, 0.25) is 0 Å². The first-order chi connectivity index (χ1) is 12.9. The molecule has 2 N–H and O–H groups in total. The zero-order valence-electron chi connectivity index (χ0n) is 17.1. The van der Waals surface area contributed by atoms with Gasteiger partial charge in [-0.3, -0.25) is 0 Å². The van der Waals surface area contributed by atoms with Crippen molar-refractivity contribution in [3.05, 3.63) is 58.7 Å². The number of anilines is 1. The third-order valence-corrected chi connectivity index (χ3v) is 5.42. The molecular weight excluding hydrogens is 336 g/mol. The minimum Gasteiger partial charge on any atom is -0.490 e. The molecule has 0 aliphatic carbocycles.